The molecule has 0 radical (unpaired) electrons. The summed E-state index contributed by atoms with van der Waals surface area (Å²) >= 11 is 0. The monoisotopic (exact) mass is 876 g/mol. The standard InChI is InChI=1S/C66H56N2/c1-63-35-17-37-65(63,3)67(47-23-13-7-14-24-47)59-33-27-45(39-57(59)63)55-41-53(43-19-9-5-10-20-43)49-30-32-52-56(42-54(44-21-11-6-12-22-44)50-29-31-51(55)61(49)62(50)52)46-28-34-60-58(40-46)64(2)36-18-38-66(64,4)68(60)48-25-15-8-16-26-48/h5-16,19-34,39-42H,17-18,35-38H2,1-4H3. The molecule has 0 N–H and O–H groups in total. The summed E-state index contributed by atoms with van der Waals surface area (Å²) in [7, 11) is 0. The molecule has 14 rings (SSSR count). The molecule has 10 aromatic rings. The Bertz CT molecular complexity index is 3390. The van der Waals surface area contributed by atoms with Gasteiger partial charge in [-0.05, 0) is 188 Å². The molecule has 0 spiro atoms. The number of rotatable bonds is 6. The van der Waals surface area contributed by atoms with Crippen molar-refractivity contribution in [2.75, 3.05) is 9.80 Å². The van der Waals surface area contributed by atoms with Gasteiger partial charge in [-0.3, -0.25) is 0 Å². The van der Waals surface area contributed by atoms with Gasteiger partial charge in [0.15, 0.2) is 0 Å². The molecule has 2 heterocycles. The molecular formula is C66H56N2. The number of hydrogen-bond acceptors (Lipinski definition) is 2. The number of nitrogens with zero attached hydrogens (tertiary/aromatic N) is 2. The van der Waals surface area contributed by atoms with Crippen LogP contribution in [0.25, 0.3) is 76.8 Å². The molecule has 2 nitrogen and oxygen atoms in total. The molecule has 0 amide bonds. The first kappa shape index (κ1) is 40.0. The lowest BCUT2D eigenvalue weighted by molar-refractivity contribution is 0.330. The summed E-state index contributed by atoms with van der Waals surface area (Å²) in [5.41, 5.74) is 18.6. The predicted molar refractivity (Wildman–Crippen MR) is 288 cm³/mol. The molecule has 0 saturated heterocycles. The molecule has 330 valence electrons. The zero-order chi connectivity index (χ0) is 45.6. The van der Waals surface area contributed by atoms with Crippen LogP contribution in [0, 0.1) is 0 Å². The van der Waals surface area contributed by atoms with Gasteiger partial charge in [0.1, 0.15) is 0 Å². The van der Waals surface area contributed by atoms with Crippen molar-refractivity contribution in [3.05, 3.63) is 205 Å². The van der Waals surface area contributed by atoms with Crippen molar-refractivity contribution in [3.63, 3.8) is 0 Å². The first-order valence-corrected chi connectivity index (χ1v) is 25.1. The molecule has 2 saturated carbocycles. The van der Waals surface area contributed by atoms with Crippen LogP contribution in [0.3, 0.4) is 0 Å². The van der Waals surface area contributed by atoms with Crippen LogP contribution in [0.1, 0.15) is 77.3 Å². The van der Waals surface area contributed by atoms with Crippen molar-refractivity contribution in [2.24, 2.45) is 0 Å². The normalized spacial score (nSPS) is 23.7. The van der Waals surface area contributed by atoms with Crippen LogP contribution < -0.4 is 9.80 Å². The lowest BCUT2D eigenvalue weighted by atomic mass is 9.71. The van der Waals surface area contributed by atoms with Crippen LogP contribution in [0.15, 0.2) is 194 Å². The Kier molecular flexibility index (Phi) is 8.34. The van der Waals surface area contributed by atoms with Crippen molar-refractivity contribution in [2.45, 2.75) is 88.1 Å². The van der Waals surface area contributed by atoms with E-state index in [0.717, 1.165) is 0 Å². The van der Waals surface area contributed by atoms with Gasteiger partial charge < -0.3 is 9.80 Å². The van der Waals surface area contributed by atoms with Gasteiger partial charge in [0.05, 0.1) is 11.1 Å². The first-order valence-electron chi connectivity index (χ1n) is 25.1. The predicted octanol–water partition coefficient (Wildman–Crippen LogP) is 18.0. The SMILES string of the molecule is CC12CCCC1(C)N(c1ccccc1)c1ccc(-c3cc(-c4ccccc4)c4ccc5c(-c6ccc7c(c6)C6(C)CCCC6(C)N7c6ccccc6)cc(-c6ccccc6)c6ccc3c4c65)cc12. The highest BCUT2D eigenvalue weighted by Gasteiger charge is 2.60. The first-order chi connectivity index (χ1) is 33.2. The van der Waals surface area contributed by atoms with Crippen LogP contribution in [-0.2, 0) is 10.8 Å². The van der Waals surface area contributed by atoms with E-state index < -0.39 is 0 Å². The average Bonchev–Trinajstić information content (AvgIpc) is 3.99. The van der Waals surface area contributed by atoms with E-state index >= 15 is 0 Å². The molecule has 2 aliphatic carbocycles. The van der Waals surface area contributed by atoms with Crippen molar-refractivity contribution < 1.29 is 0 Å². The number of hydrogen-bond donors (Lipinski definition) is 0. The Morgan fingerprint density at radius 3 is 1.03 bits per heavy atom. The fourth-order valence-electron chi connectivity index (χ4n) is 14.6. The highest BCUT2D eigenvalue weighted by Crippen LogP contribution is 2.64. The molecule has 2 heteroatoms. The van der Waals surface area contributed by atoms with E-state index in [1.165, 1.54) is 149 Å². The Morgan fingerprint density at radius 2 is 0.662 bits per heavy atom. The highest BCUT2D eigenvalue weighted by molar-refractivity contribution is 6.32. The quantitative estimate of drug-likeness (QED) is 0.154. The van der Waals surface area contributed by atoms with Crippen molar-refractivity contribution in [3.8, 4) is 44.5 Å². The van der Waals surface area contributed by atoms with Gasteiger partial charge in [0.25, 0.3) is 0 Å². The summed E-state index contributed by atoms with van der Waals surface area (Å²) in [5.74, 6) is 0. The Hall–Kier alpha value is -7.16. The summed E-state index contributed by atoms with van der Waals surface area (Å²) in [6.45, 7) is 10.1. The summed E-state index contributed by atoms with van der Waals surface area (Å²) in [6.07, 6.45) is 7.20. The highest BCUT2D eigenvalue weighted by atomic mass is 15.3. The van der Waals surface area contributed by atoms with Gasteiger partial charge in [-0.1, -0.05) is 160 Å². The maximum atomic E-state index is 2.68. The topological polar surface area (TPSA) is 6.48 Å². The summed E-state index contributed by atoms with van der Waals surface area (Å²) < 4.78 is 0. The maximum absolute atomic E-state index is 2.68. The second-order valence-corrected chi connectivity index (χ2v) is 21.5. The second-order valence-electron chi connectivity index (χ2n) is 21.5. The maximum Gasteiger partial charge on any atom is 0.0517 e. The van der Waals surface area contributed by atoms with Gasteiger partial charge in [0, 0.05) is 33.6 Å². The molecule has 2 fully saturated rings. The van der Waals surface area contributed by atoms with Crippen molar-refractivity contribution in [1.82, 2.24) is 0 Å². The van der Waals surface area contributed by atoms with Crippen LogP contribution in [-0.4, -0.2) is 11.1 Å². The molecule has 68 heavy (non-hydrogen) atoms. The smallest absolute Gasteiger partial charge is 0.0517 e. The van der Waals surface area contributed by atoms with E-state index in [2.05, 4.69) is 232 Å². The molecule has 0 bridgehead atoms. The van der Waals surface area contributed by atoms with Gasteiger partial charge in [0.2, 0.25) is 0 Å². The average molecular weight is 877 g/mol. The van der Waals surface area contributed by atoms with Crippen LogP contribution in [0.4, 0.5) is 22.7 Å². The van der Waals surface area contributed by atoms with Gasteiger partial charge in [-0.25, -0.2) is 0 Å². The number of para-hydroxylation sites is 2. The molecule has 10 aromatic carbocycles. The molecular weight excluding hydrogens is 821 g/mol. The minimum absolute atomic E-state index is 0.00258. The fourth-order valence-corrected chi connectivity index (χ4v) is 14.6. The number of benzene rings is 10. The van der Waals surface area contributed by atoms with Crippen molar-refractivity contribution in [1.29, 1.82) is 0 Å². The summed E-state index contributed by atoms with van der Waals surface area (Å²) in [4.78, 5) is 5.36. The van der Waals surface area contributed by atoms with Gasteiger partial charge in [-0.15, -0.1) is 0 Å². The third-order valence-corrected chi connectivity index (χ3v) is 18.4. The molecule has 4 atom stereocenters. The molecule has 0 aromatic heterocycles. The summed E-state index contributed by atoms with van der Waals surface area (Å²) in [5, 5.41) is 7.94. The van der Waals surface area contributed by atoms with E-state index in [-0.39, 0.29) is 21.9 Å². The number of fused-ring (bicyclic) bond motifs is 6. The third kappa shape index (κ3) is 5.19. The third-order valence-electron chi connectivity index (χ3n) is 18.4. The largest absolute Gasteiger partial charge is 0.334 e. The Balaban J connectivity index is 1.04. The van der Waals surface area contributed by atoms with E-state index in [9.17, 15) is 0 Å². The van der Waals surface area contributed by atoms with Crippen molar-refractivity contribution >= 4 is 55.1 Å². The van der Waals surface area contributed by atoms with Crippen LogP contribution >= 0.6 is 0 Å². The fraction of sp³-hybridized carbons (Fsp3) is 0.212. The lowest BCUT2D eigenvalue weighted by Crippen LogP contribution is -2.48. The molecule has 2 aliphatic heterocycles. The minimum atomic E-state index is 0.00258. The molecule has 4 aliphatic rings. The minimum Gasteiger partial charge on any atom is -0.334 e. The Labute approximate surface area is 400 Å². The zero-order valence-corrected chi connectivity index (χ0v) is 39.6. The Morgan fingerprint density at radius 1 is 0.324 bits per heavy atom. The van der Waals surface area contributed by atoms with E-state index in [4.69, 9.17) is 0 Å². The second kappa shape index (κ2) is 14.2. The summed E-state index contributed by atoms with van der Waals surface area (Å²) in [6, 6.07) is 74.2. The molecule has 4 unspecified atom stereocenters. The number of anilines is 4. The van der Waals surface area contributed by atoms with E-state index in [0.29, 0.717) is 0 Å². The van der Waals surface area contributed by atoms with E-state index in [1.807, 2.05) is 0 Å². The van der Waals surface area contributed by atoms with Gasteiger partial charge in [-0.2, -0.15) is 0 Å². The van der Waals surface area contributed by atoms with Crippen LogP contribution in [0.5, 0.6) is 0 Å². The zero-order valence-electron chi connectivity index (χ0n) is 39.6. The van der Waals surface area contributed by atoms with Gasteiger partial charge >= 0.3 is 0 Å². The van der Waals surface area contributed by atoms with Crippen LogP contribution in [0.2, 0.25) is 0 Å². The lowest BCUT2D eigenvalue weighted by Gasteiger charge is -2.42. The van der Waals surface area contributed by atoms with E-state index in [1.54, 1.807) is 0 Å².